The first-order valence-electron chi connectivity index (χ1n) is 7.61. The zero-order valence-corrected chi connectivity index (χ0v) is 15.8. The van der Waals surface area contributed by atoms with Crippen LogP contribution in [0.5, 0.6) is 0 Å². The van der Waals surface area contributed by atoms with Crippen molar-refractivity contribution in [3.05, 3.63) is 72.3 Å². The summed E-state index contributed by atoms with van der Waals surface area (Å²) in [5.74, 6) is 0. The number of hydrogen-bond donors (Lipinski definition) is 4. The molecule has 0 aliphatic heterocycles. The van der Waals surface area contributed by atoms with Crippen LogP contribution in [-0.4, -0.2) is 32.2 Å². The van der Waals surface area contributed by atoms with Gasteiger partial charge in [0.1, 0.15) is 0 Å². The van der Waals surface area contributed by atoms with Crippen molar-refractivity contribution < 1.29 is 30.7 Å². The number of hydrazine groups is 1. The number of carbonyl (C=O) groups is 1. The van der Waals surface area contributed by atoms with E-state index < -0.39 is 25.3 Å². The molecule has 4 N–H and O–H groups in total. The van der Waals surface area contributed by atoms with Crippen molar-refractivity contribution in [2.45, 2.75) is 4.90 Å². The van der Waals surface area contributed by atoms with Gasteiger partial charge >= 0.3 is 10.3 Å². The minimum absolute atomic E-state index is 0.0350. The van der Waals surface area contributed by atoms with Crippen LogP contribution < -0.4 is 10.3 Å². The molecule has 3 aromatic rings. The monoisotopic (exact) mass is 424 g/mol. The van der Waals surface area contributed by atoms with Gasteiger partial charge < -0.3 is 5.43 Å². The van der Waals surface area contributed by atoms with E-state index in [9.17, 15) is 21.6 Å². The summed E-state index contributed by atoms with van der Waals surface area (Å²) in [6, 6.07) is 18.3. The quantitative estimate of drug-likeness (QED) is 0.277. The van der Waals surface area contributed by atoms with Crippen molar-refractivity contribution in [1.82, 2.24) is 4.83 Å². The largest absolute Gasteiger partial charge is 0.350 e. The van der Waals surface area contributed by atoms with E-state index in [1.807, 2.05) is 47.9 Å². The molecule has 0 aliphatic rings. The lowest BCUT2D eigenvalue weighted by Crippen LogP contribution is -2.28. The molecule has 0 radical (unpaired) electrons. The molecule has 9 nitrogen and oxygen atoms in total. The Balaban J connectivity index is 0.000000207. The van der Waals surface area contributed by atoms with Gasteiger partial charge in [-0.15, -0.1) is 4.83 Å². The second-order valence-electron chi connectivity index (χ2n) is 5.39. The van der Waals surface area contributed by atoms with Crippen LogP contribution in [-0.2, 0) is 20.4 Å². The highest BCUT2D eigenvalue weighted by Gasteiger charge is 2.10. The molecule has 11 heteroatoms. The molecule has 0 aliphatic carbocycles. The third-order valence-corrected chi connectivity index (χ3v) is 4.62. The lowest BCUT2D eigenvalue weighted by atomic mass is 10.1. The fourth-order valence-electron chi connectivity index (χ4n) is 2.21. The highest BCUT2D eigenvalue weighted by Crippen LogP contribution is 2.16. The van der Waals surface area contributed by atoms with Crippen LogP contribution in [0.15, 0.2) is 71.6 Å². The first-order valence-corrected chi connectivity index (χ1v) is 10.5. The summed E-state index contributed by atoms with van der Waals surface area (Å²) in [4.78, 5) is 11.7. The molecular formula is C17H16N2O7S2. The van der Waals surface area contributed by atoms with Crippen molar-refractivity contribution in [2.75, 3.05) is 5.43 Å². The molecule has 0 heterocycles. The van der Waals surface area contributed by atoms with E-state index in [4.69, 9.17) is 9.11 Å². The fraction of sp³-hybridized carbons (Fsp3) is 0. The Morgan fingerprint density at radius 3 is 2.11 bits per heavy atom. The topological polar surface area (TPSA) is 150 Å². The number of hydrogen-bond acceptors (Lipinski definition) is 6. The molecule has 0 spiro atoms. The second-order valence-corrected chi connectivity index (χ2v) is 7.97. The Labute approximate surface area is 161 Å². The second kappa shape index (κ2) is 8.91. The van der Waals surface area contributed by atoms with Crippen LogP contribution in [0.25, 0.3) is 10.8 Å². The van der Waals surface area contributed by atoms with Crippen LogP contribution in [0.1, 0.15) is 10.4 Å². The van der Waals surface area contributed by atoms with E-state index in [0.29, 0.717) is 0 Å². The molecule has 0 saturated heterocycles. The Kier molecular flexibility index (Phi) is 6.83. The average Bonchev–Trinajstić information content (AvgIpc) is 2.65. The zero-order chi connectivity index (χ0) is 20.8. The Morgan fingerprint density at radius 1 is 0.821 bits per heavy atom. The van der Waals surface area contributed by atoms with E-state index in [1.54, 1.807) is 0 Å². The van der Waals surface area contributed by atoms with Crippen LogP contribution in [0.3, 0.4) is 0 Å². The van der Waals surface area contributed by atoms with Crippen molar-refractivity contribution in [3.8, 4) is 0 Å². The number of anilines is 1. The Morgan fingerprint density at radius 2 is 1.46 bits per heavy atom. The van der Waals surface area contributed by atoms with E-state index >= 15 is 0 Å². The van der Waals surface area contributed by atoms with Gasteiger partial charge in [-0.2, -0.15) is 16.8 Å². The smallest absolute Gasteiger partial charge is 0.306 e. The SMILES string of the molecule is O=Cc1cccc2ccccc12.O=S(=O)(O)NNc1cccc(S(=O)(=O)O)c1. The first-order chi connectivity index (χ1) is 13.1. The number of benzene rings is 3. The summed E-state index contributed by atoms with van der Waals surface area (Å²) in [6.45, 7) is 0. The molecule has 28 heavy (non-hydrogen) atoms. The fourth-order valence-corrected chi connectivity index (χ4v) is 2.98. The molecule has 0 amide bonds. The van der Waals surface area contributed by atoms with Gasteiger partial charge in [0.2, 0.25) is 0 Å². The number of fused-ring (bicyclic) bond motifs is 1. The summed E-state index contributed by atoms with van der Waals surface area (Å²) in [7, 11) is -8.80. The van der Waals surface area contributed by atoms with Gasteiger partial charge in [-0.3, -0.25) is 13.9 Å². The molecule has 0 bridgehead atoms. The maximum Gasteiger partial charge on any atom is 0.350 e. The van der Waals surface area contributed by atoms with E-state index in [-0.39, 0.29) is 5.69 Å². The predicted octanol–water partition coefficient (Wildman–Crippen LogP) is 2.30. The van der Waals surface area contributed by atoms with Crippen molar-refractivity contribution in [3.63, 3.8) is 0 Å². The van der Waals surface area contributed by atoms with Gasteiger partial charge in [0.25, 0.3) is 10.1 Å². The molecular weight excluding hydrogens is 408 g/mol. The minimum atomic E-state index is -4.44. The summed E-state index contributed by atoms with van der Waals surface area (Å²) in [5, 5.41) is 2.14. The molecule has 3 aromatic carbocycles. The molecule has 3 rings (SSSR count). The number of nitrogens with one attached hydrogen (secondary N) is 2. The summed E-state index contributed by atoms with van der Waals surface area (Å²) < 4.78 is 59.1. The van der Waals surface area contributed by atoms with E-state index in [0.717, 1.165) is 34.8 Å². The van der Waals surface area contributed by atoms with Crippen LogP contribution in [0, 0.1) is 0 Å². The summed E-state index contributed by atoms with van der Waals surface area (Å²) in [6.07, 6.45) is 0.891. The molecule has 0 aromatic heterocycles. The summed E-state index contributed by atoms with van der Waals surface area (Å²) in [5.41, 5.74) is 2.83. The van der Waals surface area contributed by atoms with E-state index in [1.165, 1.54) is 17.0 Å². The highest BCUT2D eigenvalue weighted by molar-refractivity contribution is 7.85. The normalized spacial score (nSPS) is 11.4. The van der Waals surface area contributed by atoms with Gasteiger partial charge in [-0.25, -0.2) is 0 Å². The third kappa shape index (κ3) is 6.40. The van der Waals surface area contributed by atoms with Gasteiger partial charge in [0.05, 0.1) is 10.6 Å². The molecule has 0 unspecified atom stereocenters. The Bertz CT molecular complexity index is 1190. The summed E-state index contributed by atoms with van der Waals surface area (Å²) >= 11 is 0. The van der Waals surface area contributed by atoms with Gasteiger partial charge in [0, 0.05) is 5.56 Å². The Hall–Kier alpha value is -2.83. The van der Waals surface area contributed by atoms with Crippen molar-refractivity contribution >= 4 is 43.2 Å². The van der Waals surface area contributed by atoms with E-state index in [2.05, 4.69) is 0 Å². The minimum Gasteiger partial charge on any atom is -0.306 e. The first kappa shape index (κ1) is 21.5. The molecule has 148 valence electrons. The number of aldehydes is 1. The van der Waals surface area contributed by atoms with Gasteiger partial charge in [0.15, 0.2) is 6.29 Å². The van der Waals surface area contributed by atoms with Crippen LogP contribution >= 0.6 is 0 Å². The average molecular weight is 424 g/mol. The lowest BCUT2D eigenvalue weighted by molar-refractivity contribution is 0.112. The molecule has 0 atom stereocenters. The third-order valence-electron chi connectivity index (χ3n) is 3.41. The van der Waals surface area contributed by atoms with Gasteiger partial charge in [-0.1, -0.05) is 48.5 Å². The molecule has 0 fully saturated rings. The maximum atomic E-state index is 10.7. The van der Waals surface area contributed by atoms with Crippen LogP contribution in [0.4, 0.5) is 5.69 Å². The number of rotatable bonds is 5. The maximum absolute atomic E-state index is 10.7. The standard InChI is InChI=1S/C11H8O.C6H8N2O6S2/c12-8-10-6-3-5-9-4-1-2-7-11(9)10;9-15(10,11)6-3-1-2-5(4-6)7-8-16(12,13)14/h1-8H;1-4,7-8H,(H,9,10,11)(H,12,13,14). The highest BCUT2D eigenvalue weighted by atomic mass is 32.2. The van der Waals surface area contributed by atoms with Crippen molar-refractivity contribution in [2.24, 2.45) is 0 Å². The zero-order valence-electron chi connectivity index (χ0n) is 14.2. The van der Waals surface area contributed by atoms with Crippen molar-refractivity contribution in [1.29, 1.82) is 0 Å². The predicted molar refractivity (Wildman–Crippen MR) is 104 cm³/mol. The van der Waals surface area contributed by atoms with Crippen LogP contribution in [0.2, 0.25) is 0 Å². The van der Waals surface area contributed by atoms with Gasteiger partial charge in [-0.05, 0) is 29.0 Å². The number of carbonyl (C=O) groups excluding carboxylic acids is 1. The lowest BCUT2D eigenvalue weighted by Gasteiger charge is -2.06. The molecule has 0 saturated carbocycles.